The first-order valence-corrected chi connectivity index (χ1v) is 7.03. The third-order valence-corrected chi connectivity index (χ3v) is 3.26. The Morgan fingerprint density at radius 3 is 3.05 bits per heavy atom. The van der Waals surface area contributed by atoms with Crippen molar-refractivity contribution in [3.05, 3.63) is 18.1 Å². The number of nitrogens with zero attached hydrogens (tertiary/aromatic N) is 3. The van der Waals surface area contributed by atoms with Gasteiger partial charge in [0, 0.05) is 25.7 Å². The molecule has 1 aromatic heterocycles. The summed E-state index contributed by atoms with van der Waals surface area (Å²) in [5.41, 5.74) is 0. The Balaban J connectivity index is 1.88. The van der Waals surface area contributed by atoms with Crippen molar-refractivity contribution in [2.24, 2.45) is 0 Å². The van der Waals surface area contributed by atoms with Crippen LogP contribution in [0.1, 0.15) is 25.6 Å². The fraction of sp³-hybridized carbons (Fsp3) is 0.571. The van der Waals surface area contributed by atoms with Gasteiger partial charge in [-0.2, -0.15) is 4.98 Å². The van der Waals surface area contributed by atoms with Crippen LogP contribution in [0.3, 0.4) is 0 Å². The zero-order chi connectivity index (χ0) is 15.2. The number of piperidine rings is 1. The Hall–Kier alpha value is -2.18. The Morgan fingerprint density at radius 1 is 1.52 bits per heavy atom. The second kappa shape index (κ2) is 7.01. The van der Waals surface area contributed by atoms with E-state index in [1.165, 1.54) is 6.92 Å². The number of likely N-dealkylation sites (tertiary alicyclic amines) is 1. The number of aryl methyl sites for hydroxylation is 1. The van der Waals surface area contributed by atoms with E-state index < -0.39 is 0 Å². The first-order chi connectivity index (χ1) is 10.0. The van der Waals surface area contributed by atoms with E-state index in [9.17, 15) is 9.59 Å². The summed E-state index contributed by atoms with van der Waals surface area (Å²) < 4.78 is 5.81. The van der Waals surface area contributed by atoms with Gasteiger partial charge in [-0.15, -0.1) is 0 Å². The van der Waals surface area contributed by atoms with Crippen molar-refractivity contribution < 1.29 is 14.3 Å². The van der Waals surface area contributed by atoms with Gasteiger partial charge >= 0.3 is 0 Å². The van der Waals surface area contributed by atoms with Crippen LogP contribution in [-0.4, -0.2) is 52.4 Å². The van der Waals surface area contributed by atoms with Crippen LogP contribution in [0.5, 0.6) is 5.88 Å². The Kier molecular flexibility index (Phi) is 5.08. The normalized spacial score (nSPS) is 18.2. The van der Waals surface area contributed by atoms with Crippen LogP contribution in [0.15, 0.2) is 12.3 Å². The minimum atomic E-state index is -0.204. The van der Waals surface area contributed by atoms with Crippen LogP contribution >= 0.6 is 0 Å². The van der Waals surface area contributed by atoms with Gasteiger partial charge in [0.2, 0.25) is 17.7 Å². The second-order valence-electron chi connectivity index (χ2n) is 5.07. The van der Waals surface area contributed by atoms with Crippen LogP contribution in [0.4, 0.5) is 0 Å². The molecule has 2 amide bonds. The van der Waals surface area contributed by atoms with Crippen molar-refractivity contribution in [2.45, 2.75) is 32.8 Å². The first-order valence-electron chi connectivity index (χ1n) is 7.03. The van der Waals surface area contributed by atoms with Crippen molar-refractivity contribution in [2.75, 3.05) is 19.6 Å². The lowest BCUT2D eigenvalue weighted by atomic mass is 10.1. The van der Waals surface area contributed by atoms with E-state index in [-0.39, 0.29) is 24.5 Å². The Labute approximate surface area is 123 Å². The van der Waals surface area contributed by atoms with E-state index in [0.29, 0.717) is 24.8 Å². The number of nitrogens with one attached hydrogen (secondary N) is 1. The van der Waals surface area contributed by atoms with Crippen LogP contribution in [0.25, 0.3) is 0 Å². The molecule has 0 saturated carbocycles. The monoisotopic (exact) mass is 292 g/mol. The van der Waals surface area contributed by atoms with E-state index >= 15 is 0 Å². The summed E-state index contributed by atoms with van der Waals surface area (Å²) in [6.07, 6.45) is 3.34. The number of carbonyl (C=O) groups is 2. The molecule has 1 N–H and O–H groups in total. The average molecular weight is 292 g/mol. The van der Waals surface area contributed by atoms with Gasteiger partial charge in [-0.1, -0.05) is 0 Å². The molecule has 1 aliphatic heterocycles. The molecular formula is C14H20N4O3. The number of hydrogen-bond acceptors (Lipinski definition) is 5. The summed E-state index contributed by atoms with van der Waals surface area (Å²) in [7, 11) is 0. The molecule has 0 radical (unpaired) electrons. The van der Waals surface area contributed by atoms with Crippen LogP contribution < -0.4 is 10.1 Å². The molecule has 7 nitrogen and oxygen atoms in total. The third-order valence-electron chi connectivity index (χ3n) is 3.26. The molecule has 1 aliphatic rings. The fourth-order valence-corrected chi connectivity index (χ4v) is 2.24. The fourth-order valence-electron chi connectivity index (χ4n) is 2.24. The van der Waals surface area contributed by atoms with Crippen molar-refractivity contribution in [3.8, 4) is 5.88 Å². The average Bonchev–Trinajstić information content (AvgIpc) is 2.45. The summed E-state index contributed by atoms with van der Waals surface area (Å²) in [6.45, 7) is 4.45. The van der Waals surface area contributed by atoms with Crippen molar-refractivity contribution in [1.82, 2.24) is 20.2 Å². The van der Waals surface area contributed by atoms with Crippen molar-refractivity contribution in [3.63, 3.8) is 0 Å². The highest BCUT2D eigenvalue weighted by atomic mass is 16.5. The van der Waals surface area contributed by atoms with E-state index in [0.717, 1.165) is 12.8 Å². The van der Waals surface area contributed by atoms with Crippen LogP contribution in [-0.2, 0) is 9.59 Å². The third kappa shape index (κ3) is 4.70. The van der Waals surface area contributed by atoms with E-state index in [2.05, 4.69) is 15.3 Å². The Morgan fingerprint density at radius 2 is 2.33 bits per heavy atom. The maximum Gasteiger partial charge on any atom is 0.242 e. The summed E-state index contributed by atoms with van der Waals surface area (Å²) >= 11 is 0. The first kappa shape index (κ1) is 15.2. The highest BCUT2D eigenvalue weighted by molar-refractivity contribution is 5.83. The molecule has 21 heavy (non-hydrogen) atoms. The zero-order valence-electron chi connectivity index (χ0n) is 12.3. The number of aromatic nitrogens is 2. The molecule has 1 saturated heterocycles. The maximum absolute atomic E-state index is 12.0. The van der Waals surface area contributed by atoms with Gasteiger partial charge in [0.25, 0.3) is 0 Å². The standard InChI is InChI=1S/C14H20N4O3/c1-10-15-6-5-13(17-10)21-12-4-3-7-18(9-12)14(20)8-16-11(2)19/h5-6,12H,3-4,7-9H2,1-2H3,(H,16,19)/t12-/m1/s1. The summed E-state index contributed by atoms with van der Waals surface area (Å²) in [4.78, 5) is 32.8. The summed E-state index contributed by atoms with van der Waals surface area (Å²) in [6, 6.07) is 1.71. The maximum atomic E-state index is 12.0. The van der Waals surface area contributed by atoms with Gasteiger partial charge in [-0.3, -0.25) is 9.59 Å². The number of amides is 2. The quantitative estimate of drug-likeness (QED) is 0.862. The van der Waals surface area contributed by atoms with Gasteiger partial charge in [0.15, 0.2) is 0 Å². The number of ether oxygens (including phenoxy) is 1. The van der Waals surface area contributed by atoms with Gasteiger partial charge in [-0.05, 0) is 19.8 Å². The van der Waals surface area contributed by atoms with Gasteiger partial charge in [-0.25, -0.2) is 4.98 Å². The molecule has 1 aromatic rings. The molecule has 0 aromatic carbocycles. The van der Waals surface area contributed by atoms with Crippen molar-refractivity contribution in [1.29, 1.82) is 0 Å². The largest absolute Gasteiger partial charge is 0.472 e. The molecule has 0 bridgehead atoms. The smallest absolute Gasteiger partial charge is 0.242 e. The lowest BCUT2D eigenvalue weighted by Crippen LogP contribution is -2.47. The van der Waals surface area contributed by atoms with Gasteiger partial charge in [0.1, 0.15) is 11.9 Å². The molecule has 114 valence electrons. The predicted octanol–water partition coefficient (Wildman–Crippen LogP) is 0.291. The molecular weight excluding hydrogens is 272 g/mol. The molecule has 2 heterocycles. The molecule has 0 unspecified atom stereocenters. The van der Waals surface area contributed by atoms with E-state index in [1.807, 2.05) is 0 Å². The molecule has 0 aliphatic carbocycles. The molecule has 1 fully saturated rings. The number of carbonyl (C=O) groups excluding carboxylic acids is 2. The summed E-state index contributed by atoms with van der Waals surface area (Å²) in [5, 5.41) is 2.52. The highest BCUT2D eigenvalue weighted by Crippen LogP contribution is 2.16. The van der Waals surface area contributed by atoms with E-state index in [1.54, 1.807) is 24.1 Å². The highest BCUT2D eigenvalue weighted by Gasteiger charge is 2.25. The minimum absolute atomic E-state index is 0.0364. The SMILES string of the molecule is CC(=O)NCC(=O)N1CCC[C@@H](Oc2ccnc(C)n2)C1. The molecule has 7 heteroatoms. The van der Waals surface area contributed by atoms with Crippen LogP contribution in [0, 0.1) is 6.92 Å². The predicted molar refractivity (Wildman–Crippen MR) is 75.7 cm³/mol. The van der Waals surface area contributed by atoms with Gasteiger partial charge < -0.3 is 15.0 Å². The summed E-state index contributed by atoms with van der Waals surface area (Å²) in [5.74, 6) is 0.896. The minimum Gasteiger partial charge on any atom is -0.472 e. The second-order valence-corrected chi connectivity index (χ2v) is 5.07. The van der Waals surface area contributed by atoms with E-state index in [4.69, 9.17) is 4.74 Å². The molecule has 1 atom stereocenters. The molecule has 0 spiro atoms. The lowest BCUT2D eigenvalue weighted by Gasteiger charge is -2.32. The van der Waals surface area contributed by atoms with Gasteiger partial charge in [0.05, 0.1) is 13.1 Å². The zero-order valence-corrected chi connectivity index (χ0v) is 12.3. The number of rotatable bonds is 4. The topological polar surface area (TPSA) is 84.4 Å². The van der Waals surface area contributed by atoms with Crippen LogP contribution in [0.2, 0.25) is 0 Å². The Bertz CT molecular complexity index is 521. The van der Waals surface area contributed by atoms with Crippen molar-refractivity contribution >= 4 is 11.8 Å². The number of hydrogen-bond donors (Lipinski definition) is 1. The molecule has 2 rings (SSSR count). The lowest BCUT2D eigenvalue weighted by molar-refractivity contribution is -0.134.